The number of nitrogens with zero attached hydrogens (tertiary/aromatic N) is 1. The molecular formula is C11H17NO3. The quantitative estimate of drug-likeness (QED) is 0.433. The monoisotopic (exact) mass is 211 g/mol. The Hall–Kier alpha value is -1.08. The molecule has 1 rings (SSSR count). The lowest BCUT2D eigenvalue weighted by Gasteiger charge is -2.20. The Bertz CT molecular complexity index is 271. The number of hydrogen-bond donors (Lipinski definition) is 1. The first-order valence-electron chi connectivity index (χ1n) is 5.44. The lowest BCUT2D eigenvalue weighted by molar-refractivity contribution is -0.153. The first-order valence-corrected chi connectivity index (χ1v) is 5.44. The molecule has 0 spiro atoms. The zero-order valence-electron chi connectivity index (χ0n) is 9.03. The summed E-state index contributed by atoms with van der Waals surface area (Å²) in [6.07, 6.45) is 3.41. The summed E-state index contributed by atoms with van der Waals surface area (Å²) in [6, 6.07) is 1.82. The average molecular weight is 211 g/mol. The number of ether oxygens (including phenoxy) is 1. The van der Waals surface area contributed by atoms with Gasteiger partial charge in [-0.25, -0.2) is 0 Å². The standard InChI is InChI=1S/C11H17NO3/c1-2-3-7-15-10(13)9-5-4-6-11(9,14)8-12/h9,14H,2-7H2,1H3/t9-,11+/m0/s1. The fourth-order valence-electron chi connectivity index (χ4n) is 1.85. The molecular weight excluding hydrogens is 194 g/mol. The highest BCUT2D eigenvalue weighted by atomic mass is 16.5. The summed E-state index contributed by atoms with van der Waals surface area (Å²) in [5.74, 6) is -1.08. The van der Waals surface area contributed by atoms with E-state index in [1.165, 1.54) is 0 Å². The van der Waals surface area contributed by atoms with Crippen LogP contribution in [0.15, 0.2) is 0 Å². The van der Waals surface area contributed by atoms with E-state index in [4.69, 9.17) is 10.00 Å². The molecule has 0 unspecified atom stereocenters. The van der Waals surface area contributed by atoms with Crippen molar-refractivity contribution in [2.75, 3.05) is 6.61 Å². The van der Waals surface area contributed by atoms with E-state index in [1.54, 1.807) is 0 Å². The molecule has 1 aliphatic rings. The van der Waals surface area contributed by atoms with E-state index in [-0.39, 0.29) is 0 Å². The summed E-state index contributed by atoms with van der Waals surface area (Å²) in [7, 11) is 0. The molecule has 0 aromatic rings. The molecule has 4 nitrogen and oxygen atoms in total. The van der Waals surface area contributed by atoms with Crippen LogP contribution in [0.4, 0.5) is 0 Å². The van der Waals surface area contributed by atoms with Crippen molar-refractivity contribution in [3.8, 4) is 6.07 Å². The summed E-state index contributed by atoms with van der Waals surface area (Å²) < 4.78 is 5.01. The molecule has 1 fully saturated rings. The van der Waals surface area contributed by atoms with Crippen molar-refractivity contribution in [1.82, 2.24) is 0 Å². The number of esters is 1. The predicted molar refractivity (Wildman–Crippen MR) is 53.8 cm³/mol. The zero-order chi connectivity index (χ0) is 11.3. The second-order valence-corrected chi connectivity index (χ2v) is 4.00. The van der Waals surface area contributed by atoms with Gasteiger partial charge in [0.1, 0.15) is 0 Å². The molecule has 0 amide bonds. The Morgan fingerprint density at radius 2 is 2.47 bits per heavy atom. The maximum absolute atomic E-state index is 11.6. The van der Waals surface area contributed by atoms with E-state index in [0.29, 0.717) is 25.9 Å². The SMILES string of the molecule is CCCCOC(=O)[C@@H]1CCC[C@@]1(O)C#N. The van der Waals surface area contributed by atoms with Crippen LogP contribution in [0, 0.1) is 17.2 Å². The van der Waals surface area contributed by atoms with E-state index in [9.17, 15) is 9.90 Å². The van der Waals surface area contributed by atoms with Gasteiger partial charge in [-0.05, 0) is 25.7 Å². The highest BCUT2D eigenvalue weighted by molar-refractivity contribution is 5.75. The highest BCUT2D eigenvalue weighted by Gasteiger charge is 2.46. The Morgan fingerprint density at radius 3 is 3.07 bits per heavy atom. The Labute approximate surface area is 89.8 Å². The van der Waals surface area contributed by atoms with Crippen LogP contribution in [-0.4, -0.2) is 23.3 Å². The van der Waals surface area contributed by atoms with Crippen LogP contribution in [-0.2, 0) is 9.53 Å². The van der Waals surface area contributed by atoms with Gasteiger partial charge in [-0.15, -0.1) is 0 Å². The Balaban J connectivity index is 2.49. The molecule has 84 valence electrons. The number of unbranched alkanes of at least 4 members (excludes halogenated alkanes) is 1. The van der Waals surface area contributed by atoms with Crippen molar-refractivity contribution < 1.29 is 14.6 Å². The average Bonchev–Trinajstić information content (AvgIpc) is 2.61. The van der Waals surface area contributed by atoms with Gasteiger partial charge in [0.2, 0.25) is 0 Å². The number of aliphatic hydroxyl groups is 1. The van der Waals surface area contributed by atoms with Crippen LogP contribution in [0.3, 0.4) is 0 Å². The molecule has 2 atom stereocenters. The third-order valence-electron chi connectivity index (χ3n) is 2.85. The molecule has 15 heavy (non-hydrogen) atoms. The van der Waals surface area contributed by atoms with E-state index in [2.05, 4.69) is 0 Å². The van der Waals surface area contributed by atoms with Gasteiger partial charge in [0.15, 0.2) is 5.60 Å². The number of carbonyl (C=O) groups excluding carboxylic acids is 1. The molecule has 0 heterocycles. The first-order chi connectivity index (χ1) is 7.14. The normalized spacial score (nSPS) is 29.8. The van der Waals surface area contributed by atoms with Crippen LogP contribution in [0.25, 0.3) is 0 Å². The molecule has 0 aliphatic heterocycles. The van der Waals surface area contributed by atoms with Crippen LogP contribution < -0.4 is 0 Å². The summed E-state index contributed by atoms with van der Waals surface area (Å²) in [6.45, 7) is 2.39. The van der Waals surface area contributed by atoms with Gasteiger partial charge in [0.25, 0.3) is 0 Å². The number of hydrogen-bond acceptors (Lipinski definition) is 4. The number of carbonyl (C=O) groups is 1. The molecule has 1 saturated carbocycles. The molecule has 0 saturated heterocycles. The molecule has 0 radical (unpaired) electrons. The Morgan fingerprint density at radius 1 is 1.73 bits per heavy atom. The van der Waals surface area contributed by atoms with E-state index < -0.39 is 17.5 Å². The third-order valence-corrected chi connectivity index (χ3v) is 2.85. The van der Waals surface area contributed by atoms with Crippen LogP contribution in [0.2, 0.25) is 0 Å². The van der Waals surface area contributed by atoms with Gasteiger partial charge >= 0.3 is 5.97 Å². The van der Waals surface area contributed by atoms with Crippen molar-refractivity contribution in [3.63, 3.8) is 0 Å². The minimum atomic E-state index is -1.50. The minimum Gasteiger partial charge on any atom is -0.465 e. The fourth-order valence-corrected chi connectivity index (χ4v) is 1.85. The van der Waals surface area contributed by atoms with E-state index >= 15 is 0 Å². The molecule has 0 aromatic heterocycles. The molecule has 1 N–H and O–H groups in total. The summed E-state index contributed by atoms with van der Waals surface area (Å²) >= 11 is 0. The van der Waals surface area contributed by atoms with Crippen LogP contribution in [0.1, 0.15) is 39.0 Å². The summed E-state index contributed by atoms with van der Waals surface area (Å²) in [5, 5.41) is 18.6. The topological polar surface area (TPSA) is 70.3 Å². The maximum atomic E-state index is 11.6. The lowest BCUT2D eigenvalue weighted by atomic mass is 9.92. The van der Waals surface area contributed by atoms with Crippen molar-refractivity contribution in [2.45, 2.75) is 44.6 Å². The maximum Gasteiger partial charge on any atom is 0.312 e. The molecule has 1 aliphatic carbocycles. The summed E-state index contributed by atoms with van der Waals surface area (Å²) in [5.41, 5.74) is -1.50. The van der Waals surface area contributed by atoms with E-state index in [0.717, 1.165) is 12.8 Å². The Kier molecular flexibility index (Phi) is 4.10. The first kappa shape index (κ1) is 12.0. The van der Waals surface area contributed by atoms with Gasteiger partial charge < -0.3 is 9.84 Å². The number of rotatable bonds is 4. The van der Waals surface area contributed by atoms with Crippen molar-refractivity contribution >= 4 is 5.97 Å². The van der Waals surface area contributed by atoms with Gasteiger partial charge in [0.05, 0.1) is 18.6 Å². The van der Waals surface area contributed by atoms with Crippen LogP contribution >= 0.6 is 0 Å². The van der Waals surface area contributed by atoms with Gasteiger partial charge in [-0.3, -0.25) is 4.79 Å². The van der Waals surface area contributed by atoms with Crippen molar-refractivity contribution in [2.24, 2.45) is 5.92 Å². The molecule has 4 heteroatoms. The van der Waals surface area contributed by atoms with Gasteiger partial charge in [-0.1, -0.05) is 13.3 Å². The predicted octanol–water partition coefficient (Wildman–Crippen LogP) is 1.38. The number of nitriles is 1. The largest absolute Gasteiger partial charge is 0.465 e. The second-order valence-electron chi connectivity index (χ2n) is 4.00. The second kappa shape index (κ2) is 5.13. The van der Waals surface area contributed by atoms with E-state index in [1.807, 2.05) is 13.0 Å². The fraction of sp³-hybridized carbons (Fsp3) is 0.818. The lowest BCUT2D eigenvalue weighted by Crippen LogP contribution is -2.37. The third kappa shape index (κ3) is 2.69. The smallest absolute Gasteiger partial charge is 0.312 e. The molecule has 0 bridgehead atoms. The van der Waals surface area contributed by atoms with Gasteiger partial charge in [-0.2, -0.15) is 5.26 Å². The van der Waals surface area contributed by atoms with Crippen molar-refractivity contribution in [3.05, 3.63) is 0 Å². The highest BCUT2D eigenvalue weighted by Crippen LogP contribution is 2.35. The van der Waals surface area contributed by atoms with Crippen molar-refractivity contribution in [1.29, 1.82) is 5.26 Å². The van der Waals surface area contributed by atoms with Gasteiger partial charge in [0, 0.05) is 0 Å². The van der Waals surface area contributed by atoms with Crippen LogP contribution in [0.5, 0.6) is 0 Å². The minimum absolute atomic E-state index is 0.372. The molecule has 0 aromatic carbocycles. The zero-order valence-corrected chi connectivity index (χ0v) is 9.03. The summed E-state index contributed by atoms with van der Waals surface area (Å²) in [4.78, 5) is 11.6.